The van der Waals surface area contributed by atoms with Crippen LogP contribution in [0.15, 0.2) is 58.3 Å². The van der Waals surface area contributed by atoms with Crippen LogP contribution in [0.4, 0.5) is 0 Å². The molecule has 0 unspecified atom stereocenters. The molecule has 0 atom stereocenters. The predicted octanol–water partition coefficient (Wildman–Crippen LogP) is 4.06. The molecule has 0 radical (unpaired) electrons. The van der Waals surface area contributed by atoms with Crippen molar-refractivity contribution in [3.8, 4) is 0 Å². The van der Waals surface area contributed by atoms with E-state index in [0.717, 1.165) is 9.79 Å². The first kappa shape index (κ1) is 16.5. The van der Waals surface area contributed by atoms with Gasteiger partial charge >= 0.3 is 11.9 Å². The summed E-state index contributed by atoms with van der Waals surface area (Å²) in [6.45, 7) is 0. The molecule has 0 aliphatic carbocycles. The fraction of sp³-hybridized carbons (Fsp3) is 0.125. The molecular weight excluding hydrogens is 320 g/mol. The molecule has 22 heavy (non-hydrogen) atoms. The van der Waals surface area contributed by atoms with Crippen molar-refractivity contribution < 1.29 is 19.1 Å². The zero-order valence-electron chi connectivity index (χ0n) is 12.1. The molecular formula is C16H14O4S2. The third-order valence-electron chi connectivity index (χ3n) is 2.81. The summed E-state index contributed by atoms with van der Waals surface area (Å²) >= 11 is 0. The van der Waals surface area contributed by atoms with Gasteiger partial charge in [-0.25, -0.2) is 9.59 Å². The Bertz CT molecular complexity index is 626. The van der Waals surface area contributed by atoms with Crippen LogP contribution in [0.2, 0.25) is 0 Å². The molecule has 0 N–H and O–H groups in total. The van der Waals surface area contributed by atoms with Crippen LogP contribution in [0.25, 0.3) is 0 Å². The molecule has 2 aromatic carbocycles. The van der Waals surface area contributed by atoms with Gasteiger partial charge in [0.15, 0.2) is 0 Å². The maximum atomic E-state index is 11.7. The van der Waals surface area contributed by atoms with Gasteiger partial charge in [-0.2, -0.15) is 0 Å². The first-order chi connectivity index (χ1) is 10.7. The summed E-state index contributed by atoms with van der Waals surface area (Å²) in [6, 6.07) is 14.4. The van der Waals surface area contributed by atoms with E-state index in [1.165, 1.54) is 35.8 Å². The highest BCUT2D eigenvalue weighted by molar-refractivity contribution is 8.76. The van der Waals surface area contributed by atoms with Crippen molar-refractivity contribution in [2.75, 3.05) is 14.2 Å². The SMILES string of the molecule is COC(=O)c1ccccc1SSc1ccccc1C(=O)OC. The Balaban J connectivity index is 2.21. The molecule has 0 aliphatic rings. The Labute approximate surface area is 136 Å². The summed E-state index contributed by atoms with van der Waals surface area (Å²) in [5.74, 6) is -0.769. The summed E-state index contributed by atoms with van der Waals surface area (Å²) in [6.07, 6.45) is 0. The lowest BCUT2D eigenvalue weighted by Gasteiger charge is -2.09. The minimum absolute atomic E-state index is 0.384. The molecule has 4 nitrogen and oxygen atoms in total. The highest BCUT2D eigenvalue weighted by atomic mass is 33.1. The Kier molecular flexibility index (Phi) is 5.91. The highest BCUT2D eigenvalue weighted by Gasteiger charge is 2.15. The first-order valence-electron chi connectivity index (χ1n) is 6.36. The molecule has 2 rings (SSSR count). The lowest BCUT2D eigenvalue weighted by Crippen LogP contribution is -2.03. The topological polar surface area (TPSA) is 52.6 Å². The van der Waals surface area contributed by atoms with Gasteiger partial charge in [-0.1, -0.05) is 45.9 Å². The van der Waals surface area contributed by atoms with Gasteiger partial charge in [0.25, 0.3) is 0 Å². The first-order valence-corrected chi connectivity index (χ1v) is 8.51. The van der Waals surface area contributed by atoms with E-state index in [4.69, 9.17) is 9.47 Å². The number of hydrogen-bond acceptors (Lipinski definition) is 6. The number of methoxy groups -OCH3 is 2. The van der Waals surface area contributed by atoms with E-state index < -0.39 is 0 Å². The van der Waals surface area contributed by atoms with E-state index in [-0.39, 0.29) is 11.9 Å². The molecule has 114 valence electrons. The lowest BCUT2D eigenvalue weighted by molar-refractivity contribution is 0.0588. The van der Waals surface area contributed by atoms with Gasteiger partial charge in [0.1, 0.15) is 0 Å². The minimum atomic E-state index is -0.384. The average molecular weight is 334 g/mol. The van der Waals surface area contributed by atoms with Gasteiger partial charge in [0.2, 0.25) is 0 Å². The van der Waals surface area contributed by atoms with Crippen LogP contribution in [0.3, 0.4) is 0 Å². The van der Waals surface area contributed by atoms with Crippen molar-refractivity contribution in [1.29, 1.82) is 0 Å². The van der Waals surface area contributed by atoms with Crippen LogP contribution in [0.1, 0.15) is 20.7 Å². The number of carbonyl (C=O) groups excluding carboxylic acids is 2. The zero-order chi connectivity index (χ0) is 15.9. The average Bonchev–Trinajstić information content (AvgIpc) is 2.59. The van der Waals surface area contributed by atoms with Gasteiger partial charge in [-0.3, -0.25) is 0 Å². The van der Waals surface area contributed by atoms with Gasteiger partial charge in [0, 0.05) is 9.79 Å². The lowest BCUT2D eigenvalue weighted by atomic mass is 10.2. The molecule has 0 bridgehead atoms. The second kappa shape index (κ2) is 7.91. The van der Waals surface area contributed by atoms with E-state index in [2.05, 4.69) is 0 Å². The minimum Gasteiger partial charge on any atom is -0.465 e. The summed E-state index contributed by atoms with van der Waals surface area (Å²) in [7, 11) is 5.49. The van der Waals surface area contributed by atoms with Crippen molar-refractivity contribution >= 4 is 33.5 Å². The molecule has 0 aromatic heterocycles. The molecule has 2 aromatic rings. The molecule has 0 saturated carbocycles. The summed E-state index contributed by atoms with van der Waals surface area (Å²) < 4.78 is 9.55. The van der Waals surface area contributed by atoms with Crippen LogP contribution < -0.4 is 0 Å². The van der Waals surface area contributed by atoms with Crippen molar-refractivity contribution in [3.63, 3.8) is 0 Å². The summed E-state index contributed by atoms with van der Waals surface area (Å²) in [4.78, 5) is 25.1. The van der Waals surface area contributed by atoms with Crippen molar-refractivity contribution in [3.05, 3.63) is 59.7 Å². The third-order valence-corrected chi connectivity index (χ3v) is 5.29. The second-order valence-electron chi connectivity index (χ2n) is 4.14. The molecule has 6 heteroatoms. The number of hydrogen-bond donors (Lipinski definition) is 0. The van der Waals surface area contributed by atoms with Crippen molar-refractivity contribution in [2.45, 2.75) is 9.79 Å². The van der Waals surface area contributed by atoms with Gasteiger partial charge < -0.3 is 9.47 Å². The standard InChI is InChI=1S/C16H14O4S2/c1-19-15(17)11-7-3-5-9-13(11)21-22-14-10-6-4-8-12(14)16(18)20-2/h3-10H,1-2H3. The van der Waals surface area contributed by atoms with E-state index in [1.807, 2.05) is 24.3 Å². The van der Waals surface area contributed by atoms with E-state index in [1.54, 1.807) is 24.3 Å². The maximum Gasteiger partial charge on any atom is 0.339 e. The molecule has 0 amide bonds. The number of carbonyl (C=O) groups is 2. The van der Waals surface area contributed by atoms with Crippen LogP contribution >= 0.6 is 21.6 Å². The van der Waals surface area contributed by atoms with Gasteiger partial charge in [0.05, 0.1) is 25.3 Å². The zero-order valence-corrected chi connectivity index (χ0v) is 13.7. The molecule has 0 fully saturated rings. The van der Waals surface area contributed by atoms with Crippen LogP contribution in [-0.4, -0.2) is 26.2 Å². The monoisotopic (exact) mass is 334 g/mol. The smallest absolute Gasteiger partial charge is 0.339 e. The molecule has 0 spiro atoms. The Morgan fingerprint density at radius 2 is 1.09 bits per heavy atom. The number of ether oxygens (including phenoxy) is 2. The fourth-order valence-electron chi connectivity index (χ4n) is 1.73. The normalized spacial score (nSPS) is 10.1. The molecule has 0 saturated heterocycles. The van der Waals surface area contributed by atoms with Crippen LogP contribution in [-0.2, 0) is 9.47 Å². The molecule has 0 heterocycles. The van der Waals surface area contributed by atoms with Crippen molar-refractivity contribution in [2.24, 2.45) is 0 Å². The Morgan fingerprint density at radius 3 is 1.45 bits per heavy atom. The van der Waals surface area contributed by atoms with Crippen LogP contribution in [0, 0.1) is 0 Å². The van der Waals surface area contributed by atoms with Crippen LogP contribution in [0.5, 0.6) is 0 Å². The third kappa shape index (κ3) is 3.84. The maximum absolute atomic E-state index is 11.7. The summed E-state index contributed by atoms with van der Waals surface area (Å²) in [5.41, 5.74) is 0.996. The second-order valence-corrected chi connectivity index (χ2v) is 6.36. The van der Waals surface area contributed by atoms with E-state index >= 15 is 0 Å². The predicted molar refractivity (Wildman–Crippen MR) is 87.3 cm³/mol. The highest BCUT2D eigenvalue weighted by Crippen LogP contribution is 2.40. The Hall–Kier alpha value is -1.92. The van der Waals surface area contributed by atoms with E-state index in [9.17, 15) is 9.59 Å². The molecule has 0 aliphatic heterocycles. The van der Waals surface area contributed by atoms with Gasteiger partial charge in [-0.15, -0.1) is 0 Å². The Morgan fingerprint density at radius 1 is 0.727 bits per heavy atom. The van der Waals surface area contributed by atoms with Gasteiger partial charge in [-0.05, 0) is 24.3 Å². The summed E-state index contributed by atoms with van der Waals surface area (Å²) in [5, 5.41) is 0. The van der Waals surface area contributed by atoms with Crippen molar-refractivity contribution in [1.82, 2.24) is 0 Å². The van der Waals surface area contributed by atoms with E-state index in [0.29, 0.717) is 11.1 Å². The number of rotatable bonds is 5. The quantitative estimate of drug-likeness (QED) is 0.607. The fourth-order valence-corrected chi connectivity index (χ4v) is 4.07. The number of benzene rings is 2. The number of esters is 2. The largest absolute Gasteiger partial charge is 0.465 e.